The van der Waals surface area contributed by atoms with Gasteiger partial charge in [-0.05, 0) is 17.0 Å². The molecule has 2 nitrogen and oxygen atoms in total. The molecule has 4 heteroatoms. The van der Waals surface area contributed by atoms with Crippen LogP contribution in [0.3, 0.4) is 0 Å². The first-order valence-corrected chi connectivity index (χ1v) is 7.46. The molecule has 0 aromatic carbocycles. The van der Waals surface area contributed by atoms with Crippen LogP contribution >= 0.6 is 22.7 Å². The van der Waals surface area contributed by atoms with Crippen LogP contribution in [-0.2, 0) is 18.4 Å². The van der Waals surface area contributed by atoms with Crippen molar-refractivity contribution in [1.82, 2.24) is 4.98 Å². The van der Waals surface area contributed by atoms with Gasteiger partial charge in [-0.2, -0.15) is 0 Å². The lowest BCUT2D eigenvalue weighted by Crippen LogP contribution is -2.11. The highest BCUT2D eigenvalue weighted by Crippen LogP contribution is 2.26. The van der Waals surface area contributed by atoms with Gasteiger partial charge in [0.2, 0.25) is 0 Å². The molecule has 92 valence electrons. The number of rotatable bonds is 3. The van der Waals surface area contributed by atoms with Crippen molar-refractivity contribution in [2.24, 2.45) is 5.73 Å². The van der Waals surface area contributed by atoms with Crippen LogP contribution in [0.5, 0.6) is 0 Å². The van der Waals surface area contributed by atoms with Gasteiger partial charge in [-0.15, -0.1) is 22.7 Å². The van der Waals surface area contributed by atoms with Crippen LogP contribution in [-0.4, -0.2) is 4.98 Å². The summed E-state index contributed by atoms with van der Waals surface area (Å²) in [4.78, 5) is 5.95. The molecule has 0 fully saturated rings. The molecule has 2 heterocycles. The quantitative estimate of drug-likeness (QED) is 0.922. The first-order valence-electron chi connectivity index (χ1n) is 5.70. The van der Waals surface area contributed by atoms with E-state index in [4.69, 9.17) is 10.7 Å². The molecule has 2 aromatic rings. The molecule has 0 spiro atoms. The van der Waals surface area contributed by atoms with E-state index in [1.165, 1.54) is 21.1 Å². The molecular formula is C13H18N2S2. The van der Waals surface area contributed by atoms with Crippen LogP contribution in [0.1, 0.15) is 41.9 Å². The van der Waals surface area contributed by atoms with Crippen molar-refractivity contribution in [3.8, 4) is 0 Å². The Bertz CT molecular complexity index is 491. The standard InChI is InChI=1S/C13H18N2S2/c1-13(2,3)11-8-17-12(15-11)5-9-4-10(6-14)16-7-9/h4,7-8H,5-6,14H2,1-3H3. The van der Waals surface area contributed by atoms with Crippen LogP contribution in [0, 0.1) is 0 Å². The Labute approximate surface area is 111 Å². The second-order valence-electron chi connectivity index (χ2n) is 5.18. The maximum absolute atomic E-state index is 5.62. The number of hydrogen-bond donors (Lipinski definition) is 1. The summed E-state index contributed by atoms with van der Waals surface area (Å²) in [5, 5.41) is 5.54. The molecule has 0 radical (unpaired) electrons. The van der Waals surface area contributed by atoms with E-state index in [9.17, 15) is 0 Å². The predicted octanol–water partition coefficient (Wildman–Crippen LogP) is 3.55. The highest BCUT2D eigenvalue weighted by Gasteiger charge is 2.17. The zero-order valence-electron chi connectivity index (χ0n) is 10.5. The lowest BCUT2D eigenvalue weighted by atomic mass is 9.93. The third kappa shape index (κ3) is 3.15. The smallest absolute Gasteiger partial charge is 0.0972 e. The molecule has 0 aliphatic heterocycles. The van der Waals surface area contributed by atoms with Gasteiger partial charge in [-0.3, -0.25) is 0 Å². The molecular weight excluding hydrogens is 248 g/mol. The van der Waals surface area contributed by atoms with Crippen molar-refractivity contribution in [1.29, 1.82) is 0 Å². The number of nitrogens with zero attached hydrogens (tertiary/aromatic N) is 1. The SMILES string of the molecule is CC(C)(C)c1csc(Cc2csc(CN)c2)n1. The number of thiophene rings is 1. The Morgan fingerprint density at radius 3 is 2.53 bits per heavy atom. The molecule has 0 bridgehead atoms. The molecule has 0 saturated heterocycles. The Balaban J connectivity index is 2.11. The molecule has 0 aliphatic carbocycles. The second kappa shape index (κ2) is 4.88. The van der Waals surface area contributed by atoms with Gasteiger partial charge in [-0.1, -0.05) is 20.8 Å². The zero-order valence-corrected chi connectivity index (χ0v) is 12.1. The van der Waals surface area contributed by atoms with Crippen LogP contribution in [0.25, 0.3) is 0 Å². The summed E-state index contributed by atoms with van der Waals surface area (Å²) in [5.74, 6) is 0. The van der Waals surface area contributed by atoms with E-state index >= 15 is 0 Å². The number of aromatic nitrogens is 1. The molecule has 0 unspecified atom stereocenters. The van der Waals surface area contributed by atoms with E-state index < -0.39 is 0 Å². The van der Waals surface area contributed by atoms with Crippen LogP contribution in [0.15, 0.2) is 16.8 Å². The van der Waals surface area contributed by atoms with Crippen molar-refractivity contribution >= 4 is 22.7 Å². The first kappa shape index (κ1) is 12.7. The van der Waals surface area contributed by atoms with Gasteiger partial charge in [0.1, 0.15) is 0 Å². The Morgan fingerprint density at radius 1 is 1.24 bits per heavy atom. The summed E-state index contributed by atoms with van der Waals surface area (Å²) in [6, 6.07) is 2.18. The van der Waals surface area contributed by atoms with Crippen LogP contribution < -0.4 is 5.73 Å². The predicted molar refractivity (Wildman–Crippen MR) is 75.8 cm³/mol. The van der Waals surface area contributed by atoms with Gasteiger partial charge >= 0.3 is 0 Å². The number of nitrogens with two attached hydrogens (primary N) is 1. The molecule has 2 N–H and O–H groups in total. The maximum atomic E-state index is 5.62. The molecule has 0 saturated carbocycles. The molecule has 0 aliphatic rings. The topological polar surface area (TPSA) is 38.9 Å². The summed E-state index contributed by atoms with van der Waals surface area (Å²) in [6.07, 6.45) is 0.928. The van der Waals surface area contributed by atoms with Gasteiger partial charge in [0, 0.05) is 28.6 Å². The zero-order chi connectivity index (χ0) is 12.5. The summed E-state index contributed by atoms with van der Waals surface area (Å²) in [5.41, 5.74) is 8.27. The van der Waals surface area contributed by atoms with E-state index in [2.05, 4.69) is 37.6 Å². The highest BCUT2D eigenvalue weighted by atomic mass is 32.1. The number of hydrogen-bond acceptors (Lipinski definition) is 4. The van der Waals surface area contributed by atoms with E-state index in [0.717, 1.165) is 6.42 Å². The highest BCUT2D eigenvalue weighted by molar-refractivity contribution is 7.10. The largest absolute Gasteiger partial charge is 0.326 e. The first-order chi connectivity index (χ1) is 7.99. The molecule has 2 aromatic heterocycles. The minimum atomic E-state index is 0.145. The summed E-state index contributed by atoms with van der Waals surface area (Å²) < 4.78 is 0. The third-order valence-corrected chi connectivity index (χ3v) is 4.44. The number of thiazole rings is 1. The van der Waals surface area contributed by atoms with Crippen molar-refractivity contribution in [3.63, 3.8) is 0 Å². The van der Waals surface area contributed by atoms with E-state index in [1.54, 1.807) is 22.7 Å². The average molecular weight is 266 g/mol. The molecule has 17 heavy (non-hydrogen) atoms. The van der Waals surface area contributed by atoms with E-state index in [1.807, 2.05) is 0 Å². The monoisotopic (exact) mass is 266 g/mol. The minimum Gasteiger partial charge on any atom is -0.326 e. The Hall–Kier alpha value is -0.710. The van der Waals surface area contributed by atoms with Gasteiger partial charge in [0.25, 0.3) is 0 Å². The van der Waals surface area contributed by atoms with Gasteiger partial charge in [0.15, 0.2) is 0 Å². The summed E-state index contributed by atoms with van der Waals surface area (Å²) in [6.45, 7) is 7.23. The lowest BCUT2D eigenvalue weighted by molar-refractivity contribution is 0.571. The van der Waals surface area contributed by atoms with Crippen molar-refractivity contribution in [2.45, 2.75) is 39.2 Å². The van der Waals surface area contributed by atoms with Crippen molar-refractivity contribution in [2.75, 3.05) is 0 Å². The van der Waals surface area contributed by atoms with E-state index in [-0.39, 0.29) is 5.41 Å². The fourth-order valence-corrected chi connectivity index (χ4v) is 3.36. The lowest BCUT2D eigenvalue weighted by Gasteiger charge is -2.14. The Kier molecular flexibility index (Phi) is 3.66. The van der Waals surface area contributed by atoms with Gasteiger partial charge in [0.05, 0.1) is 10.7 Å². The van der Waals surface area contributed by atoms with Gasteiger partial charge < -0.3 is 5.73 Å². The van der Waals surface area contributed by atoms with Crippen molar-refractivity contribution < 1.29 is 0 Å². The average Bonchev–Trinajstić information content (AvgIpc) is 2.86. The van der Waals surface area contributed by atoms with Gasteiger partial charge in [-0.25, -0.2) is 4.98 Å². The maximum Gasteiger partial charge on any atom is 0.0972 e. The van der Waals surface area contributed by atoms with Crippen molar-refractivity contribution in [3.05, 3.63) is 38.0 Å². The summed E-state index contributed by atoms with van der Waals surface area (Å²) in [7, 11) is 0. The fraction of sp³-hybridized carbons (Fsp3) is 0.462. The van der Waals surface area contributed by atoms with Crippen LogP contribution in [0.4, 0.5) is 0 Å². The summed E-state index contributed by atoms with van der Waals surface area (Å²) >= 11 is 3.48. The third-order valence-electron chi connectivity index (χ3n) is 2.58. The fourth-order valence-electron chi connectivity index (χ4n) is 1.54. The molecule has 2 rings (SSSR count). The minimum absolute atomic E-state index is 0.145. The molecule has 0 amide bonds. The molecule has 0 atom stereocenters. The Morgan fingerprint density at radius 2 is 2.00 bits per heavy atom. The second-order valence-corrected chi connectivity index (χ2v) is 7.12. The van der Waals surface area contributed by atoms with Crippen LogP contribution in [0.2, 0.25) is 0 Å². The van der Waals surface area contributed by atoms with E-state index in [0.29, 0.717) is 6.54 Å². The normalized spacial score (nSPS) is 12.0.